The van der Waals surface area contributed by atoms with Gasteiger partial charge in [-0.25, -0.2) is 4.39 Å². The minimum atomic E-state index is -0.589. The lowest BCUT2D eigenvalue weighted by atomic mass is 10.00. The third-order valence-electron chi connectivity index (χ3n) is 6.66. The van der Waals surface area contributed by atoms with Crippen LogP contribution in [-0.4, -0.2) is 54.5 Å². The Bertz CT molecular complexity index is 1210. The lowest BCUT2D eigenvalue weighted by molar-refractivity contribution is -0.136. The Morgan fingerprint density at radius 2 is 1.94 bits per heavy atom. The van der Waals surface area contributed by atoms with E-state index in [2.05, 4.69) is 0 Å². The Morgan fingerprint density at radius 1 is 1.17 bits per heavy atom. The molecule has 1 aliphatic heterocycles. The summed E-state index contributed by atoms with van der Waals surface area (Å²) in [6, 6.07) is 14.8. The first-order valence-electron chi connectivity index (χ1n) is 12.1. The number of amides is 2. The van der Waals surface area contributed by atoms with Crippen molar-refractivity contribution in [2.24, 2.45) is 0 Å². The molecule has 2 atom stereocenters. The van der Waals surface area contributed by atoms with Gasteiger partial charge in [-0.05, 0) is 61.0 Å². The van der Waals surface area contributed by atoms with Gasteiger partial charge in [0.25, 0.3) is 5.91 Å². The normalized spacial score (nSPS) is 15.7. The largest absolute Gasteiger partial charge is 0.497 e. The van der Waals surface area contributed by atoms with Crippen molar-refractivity contribution in [3.05, 3.63) is 81.8 Å². The highest BCUT2D eigenvalue weighted by Crippen LogP contribution is 2.34. The quantitative estimate of drug-likeness (QED) is 0.390. The number of halogens is 1. The Labute approximate surface area is 215 Å². The molecule has 0 spiro atoms. The van der Waals surface area contributed by atoms with E-state index < -0.39 is 11.7 Å². The third kappa shape index (κ3) is 5.54. The van der Waals surface area contributed by atoms with E-state index in [4.69, 9.17) is 9.47 Å². The molecule has 0 saturated carbocycles. The summed E-state index contributed by atoms with van der Waals surface area (Å²) in [5.41, 5.74) is 1.04. The van der Waals surface area contributed by atoms with E-state index in [-0.39, 0.29) is 36.7 Å². The lowest BCUT2D eigenvalue weighted by Crippen LogP contribution is -2.50. The standard InChI is InChI=1S/C28H31FN2O4S/c1-4-19(2)31(28(33)22-10-5-6-11-24(22)29)17-27(32)30-14-12-26-23(13-15-36-26)25(30)18-35-21-9-7-8-20(16-21)34-3/h5-11,13,15-16,19,25H,4,12,14,17-18H2,1-3H3. The fourth-order valence-electron chi connectivity index (χ4n) is 4.41. The van der Waals surface area contributed by atoms with Crippen molar-refractivity contribution in [3.8, 4) is 11.5 Å². The van der Waals surface area contributed by atoms with Crippen molar-refractivity contribution in [2.75, 3.05) is 26.8 Å². The molecule has 2 aromatic carbocycles. The summed E-state index contributed by atoms with van der Waals surface area (Å²) in [5.74, 6) is 0.0919. The summed E-state index contributed by atoms with van der Waals surface area (Å²) >= 11 is 1.68. The van der Waals surface area contributed by atoms with Crippen LogP contribution in [0.4, 0.5) is 4.39 Å². The fraction of sp³-hybridized carbons (Fsp3) is 0.357. The minimum Gasteiger partial charge on any atom is -0.497 e. The van der Waals surface area contributed by atoms with Crippen LogP contribution >= 0.6 is 11.3 Å². The molecule has 8 heteroatoms. The van der Waals surface area contributed by atoms with Crippen LogP contribution in [0.25, 0.3) is 0 Å². The first-order chi connectivity index (χ1) is 17.4. The number of methoxy groups -OCH3 is 1. The van der Waals surface area contributed by atoms with Gasteiger partial charge in [-0.3, -0.25) is 9.59 Å². The molecule has 4 rings (SSSR count). The molecule has 0 radical (unpaired) electrons. The molecular formula is C28H31FN2O4S. The molecule has 2 unspecified atom stereocenters. The number of rotatable bonds is 9. The van der Waals surface area contributed by atoms with Gasteiger partial charge < -0.3 is 19.3 Å². The molecule has 2 amide bonds. The Hall–Kier alpha value is -3.39. The monoisotopic (exact) mass is 510 g/mol. The average Bonchev–Trinajstić information content (AvgIpc) is 3.39. The molecule has 36 heavy (non-hydrogen) atoms. The van der Waals surface area contributed by atoms with Gasteiger partial charge in [0.15, 0.2) is 0 Å². The molecule has 0 aliphatic carbocycles. The van der Waals surface area contributed by atoms with E-state index in [1.54, 1.807) is 41.5 Å². The summed E-state index contributed by atoms with van der Waals surface area (Å²) in [6.07, 6.45) is 1.39. The van der Waals surface area contributed by atoms with Crippen LogP contribution in [0.15, 0.2) is 60.0 Å². The van der Waals surface area contributed by atoms with Crippen molar-refractivity contribution in [1.29, 1.82) is 0 Å². The first-order valence-corrected chi connectivity index (χ1v) is 13.0. The summed E-state index contributed by atoms with van der Waals surface area (Å²) in [6.45, 7) is 4.49. The van der Waals surface area contributed by atoms with Gasteiger partial charge in [0.2, 0.25) is 5.91 Å². The smallest absolute Gasteiger partial charge is 0.257 e. The number of hydrogen-bond acceptors (Lipinski definition) is 5. The van der Waals surface area contributed by atoms with E-state index >= 15 is 0 Å². The number of ether oxygens (including phenoxy) is 2. The number of thiophene rings is 1. The van der Waals surface area contributed by atoms with Crippen LogP contribution < -0.4 is 9.47 Å². The maximum Gasteiger partial charge on any atom is 0.257 e. The van der Waals surface area contributed by atoms with E-state index in [0.29, 0.717) is 24.5 Å². The number of carbonyl (C=O) groups is 2. The lowest BCUT2D eigenvalue weighted by Gasteiger charge is -2.38. The highest BCUT2D eigenvalue weighted by Gasteiger charge is 2.34. The van der Waals surface area contributed by atoms with Crippen LogP contribution in [0.5, 0.6) is 11.5 Å². The summed E-state index contributed by atoms with van der Waals surface area (Å²) < 4.78 is 25.8. The number of hydrogen-bond donors (Lipinski definition) is 0. The molecule has 0 bridgehead atoms. The van der Waals surface area contributed by atoms with Crippen molar-refractivity contribution in [3.63, 3.8) is 0 Å². The Balaban J connectivity index is 1.56. The van der Waals surface area contributed by atoms with Crippen LogP contribution in [0.3, 0.4) is 0 Å². The minimum absolute atomic E-state index is 0.0257. The summed E-state index contributed by atoms with van der Waals surface area (Å²) in [7, 11) is 1.60. The second-order valence-corrected chi connectivity index (χ2v) is 9.81. The van der Waals surface area contributed by atoms with E-state index in [1.807, 2.05) is 43.5 Å². The SMILES string of the molecule is CCC(C)N(CC(=O)N1CCc2sccc2C1COc1cccc(OC)c1)C(=O)c1ccccc1F. The van der Waals surface area contributed by atoms with Crippen LogP contribution in [-0.2, 0) is 11.2 Å². The van der Waals surface area contributed by atoms with Gasteiger partial charge in [-0.2, -0.15) is 0 Å². The molecule has 1 aliphatic rings. The fourth-order valence-corrected chi connectivity index (χ4v) is 5.34. The van der Waals surface area contributed by atoms with Crippen LogP contribution in [0.2, 0.25) is 0 Å². The number of nitrogens with zero attached hydrogens (tertiary/aromatic N) is 2. The van der Waals surface area contributed by atoms with Gasteiger partial charge in [-0.15, -0.1) is 11.3 Å². The third-order valence-corrected chi connectivity index (χ3v) is 7.65. The molecule has 0 N–H and O–H groups in total. The van der Waals surface area contributed by atoms with Gasteiger partial charge >= 0.3 is 0 Å². The predicted octanol–water partition coefficient (Wildman–Crippen LogP) is 5.34. The summed E-state index contributed by atoms with van der Waals surface area (Å²) in [5, 5.41) is 2.03. The van der Waals surface area contributed by atoms with E-state index in [1.165, 1.54) is 21.9 Å². The van der Waals surface area contributed by atoms with Crippen LogP contribution in [0, 0.1) is 5.82 Å². The average molecular weight is 511 g/mol. The zero-order valence-corrected chi connectivity index (χ0v) is 21.6. The topological polar surface area (TPSA) is 59.1 Å². The Morgan fingerprint density at radius 3 is 2.69 bits per heavy atom. The van der Waals surface area contributed by atoms with Crippen molar-refractivity contribution >= 4 is 23.2 Å². The molecule has 2 heterocycles. The molecule has 3 aromatic rings. The van der Waals surface area contributed by atoms with Crippen molar-refractivity contribution in [2.45, 2.75) is 38.8 Å². The molecular weight excluding hydrogens is 479 g/mol. The van der Waals surface area contributed by atoms with Crippen molar-refractivity contribution < 1.29 is 23.5 Å². The first kappa shape index (κ1) is 25.7. The number of fused-ring (bicyclic) bond motifs is 1. The zero-order valence-electron chi connectivity index (χ0n) is 20.8. The van der Waals surface area contributed by atoms with Gasteiger partial charge in [0, 0.05) is 23.5 Å². The highest BCUT2D eigenvalue weighted by atomic mass is 32.1. The van der Waals surface area contributed by atoms with Gasteiger partial charge in [-0.1, -0.05) is 25.1 Å². The van der Waals surface area contributed by atoms with Gasteiger partial charge in [0.1, 0.15) is 30.5 Å². The number of benzene rings is 2. The number of carbonyl (C=O) groups excluding carboxylic acids is 2. The maximum atomic E-state index is 14.4. The zero-order chi connectivity index (χ0) is 25.7. The molecule has 6 nitrogen and oxygen atoms in total. The second-order valence-electron chi connectivity index (χ2n) is 8.81. The van der Waals surface area contributed by atoms with Crippen molar-refractivity contribution in [1.82, 2.24) is 9.80 Å². The van der Waals surface area contributed by atoms with Crippen LogP contribution in [0.1, 0.15) is 47.1 Å². The van der Waals surface area contributed by atoms with E-state index in [9.17, 15) is 14.0 Å². The second kappa shape index (κ2) is 11.6. The molecule has 1 aromatic heterocycles. The summed E-state index contributed by atoms with van der Waals surface area (Å²) in [4.78, 5) is 31.4. The van der Waals surface area contributed by atoms with E-state index in [0.717, 1.165) is 12.0 Å². The maximum absolute atomic E-state index is 14.4. The molecule has 0 saturated heterocycles. The molecule has 0 fully saturated rings. The molecule has 190 valence electrons. The predicted molar refractivity (Wildman–Crippen MR) is 138 cm³/mol. The highest BCUT2D eigenvalue weighted by molar-refractivity contribution is 7.10. The Kier molecular flexibility index (Phi) is 8.25. The van der Waals surface area contributed by atoms with Gasteiger partial charge in [0.05, 0.1) is 18.7 Å².